The quantitative estimate of drug-likeness (QED) is 0.443. The first-order valence-corrected chi connectivity index (χ1v) is 8.04. The molecule has 116 valence electrons. The highest BCUT2D eigenvalue weighted by atomic mass is 32.2. The number of aromatic nitrogens is 5. The zero-order valence-corrected chi connectivity index (χ0v) is 12.3. The van der Waals surface area contributed by atoms with E-state index < -0.39 is 15.7 Å². The summed E-state index contributed by atoms with van der Waals surface area (Å²) >= 11 is 0. The third kappa shape index (κ3) is 2.34. The number of benzene rings is 1. The van der Waals surface area contributed by atoms with Crippen LogP contribution in [0.5, 0.6) is 0 Å². The molecule has 0 unspecified atom stereocenters. The van der Waals surface area contributed by atoms with Crippen LogP contribution >= 0.6 is 0 Å². The number of rotatable bonds is 3. The lowest BCUT2D eigenvalue weighted by Gasteiger charge is -2.07. The van der Waals surface area contributed by atoms with Gasteiger partial charge in [0.05, 0.1) is 39.7 Å². The monoisotopic (exact) mass is 330 g/mol. The van der Waals surface area contributed by atoms with Crippen LogP contribution in [0.4, 0.5) is 5.69 Å². The predicted molar refractivity (Wildman–Crippen MR) is 83.6 cm³/mol. The highest BCUT2D eigenvalue weighted by Crippen LogP contribution is 2.20. The zero-order chi connectivity index (χ0) is 16.0. The Balaban J connectivity index is 1.74. The van der Waals surface area contributed by atoms with E-state index in [4.69, 9.17) is 0 Å². The van der Waals surface area contributed by atoms with Crippen LogP contribution in [0.15, 0.2) is 46.5 Å². The second-order valence-electron chi connectivity index (χ2n) is 4.89. The standard InChI is InChI=1S/C13H10N6O3S/c20-13-17-9-2-1-8(4-10(9)18-13)23(21,22)19-7-3-11-12(14-5-7)16-6-15-11/h1-6,19H,(H,14,15,16)(H2,17,18,20). The maximum atomic E-state index is 12.5. The van der Waals surface area contributed by atoms with E-state index >= 15 is 0 Å². The van der Waals surface area contributed by atoms with Crippen LogP contribution in [0.25, 0.3) is 22.2 Å². The van der Waals surface area contributed by atoms with Crippen LogP contribution in [-0.2, 0) is 10.0 Å². The summed E-state index contributed by atoms with van der Waals surface area (Å²) in [4.78, 5) is 27.2. The van der Waals surface area contributed by atoms with Crippen molar-refractivity contribution in [3.63, 3.8) is 0 Å². The lowest BCUT2D eigenvalue weighted by Crippen LogP contribution is -2.13. The van der Waals surface area contributed by atoms with E-state index in [1.165, 1.54) is 30.7 Å². The van der Waals surface area contributed by atoms with E-state index in [-0.39, 0.29) is 4.90 Å². The average molecular weight is 330 g/mol. The number of imidazole rings is 2. The van der Waals surface area contributed by atoms with E-state index in [2.05, 4.69) is 29.6 Å². The van der Waals surface area contributed by atoms with E-state index in [0.29, 0.717) is 27.9 Å². The Kier molecular flexibility index (Phi) is 2.75. The number of H-pyrrole nitrogens is 3. The summed E-state index contributed by atoms with van der Waals surface area (Å²) in [6, 6.07) is 5.93. The summed E-state index contributed by atoms with van der Waals surface area (Å²) < 4.78 is 27.4. The molecule has 23 heavy (non-hydrogen) atoms. The van der Waals surface area contributed by atoms with Gasteiger partial charge < -0.3 is 15.0 Å². The predicted octanol–water partition coefficient (Wildman–Crippen LogP) is 0.928. The Hall–Kier alpha value is -3.14. The highest BCUT2D eigenvalue weighted by Gasteiger charge is 2.16. The molecule has 4 rings (SSSR count). The molecule has 4 aromatic rings. The number of hydrogen-bond acceptors (Lipinski definition) is 5. The summed E-state index contributed by atoms with van der Waals surface area (Å²) in [6.07, 6.45) is 2.86. The van der Waals surface area contributed by atoms with Gasteiger partial charge in [-0.15, -0.1) is 0 Å². The van der Waals surface area contributed by atoms with E-state index in [1.54, 1.807) is 6.07 Å². The number of sulfonamides is 1. The maximum absolute atomic E-state index is 12.5. The van der Waals surface area contributed by atoms with Crippen LogP contribution < -0.4 is 10.4 Å². The number of nitrogens with zero attached hydrogens (tertiary/aromatic N) is 2. The summed E-state index contributed by atoms with van der Waals surface area (Å²) in [7, 11) is -3.81. The summed E-state index contributed by atoms with van der Waals surface area (Å²) in [5, 5.41) is 0. The maximum Gasteiger partial charge on any atom is 0.323 e. The van der Waals surface area contributed by atoms with E-state index in [1.807, 2.05) is 0 Å². The third-order valence-electron chi connectivity index (χ3n) is 3.32. The van der Waals surface area contributed by atoms with Gasteiger partial charge in [0.2, 0.25) is 0 Å². The topological polar surface area (TPSA) is 136 Å². The van der Waals surface area contributed by atoms with Crippen LogP contribution in [-0.4, -0.2) is 33.3 Å². The molecular formula is C13H10N6O3S. The largest absolute Gasteiger partial charge is 0.343 e. The molecule has 0 bridgehead atoms. The normalized spacial score (nSPS) is 12.0. The molecule has 0 fully saturated rings. The minimum Gasteiger partial charge on any atom is -0.343 e. The molecule has 0 aliphatic rings. The number of hydrogen-bond donors (Lipinski definition) is 4. The molecule has 0 aliphatic carbocycles. The molecule has 10 heteroatoms. The Labute approximate surface area is 128 Å². The number of pyridine rings is 1. The molecule has 3 aromatic heterocycles. The highest BCUT2D eigenvalue weighted by molar-refractivity contribution is 7.92. The molecule has 0 radical (unpaired) electrons. The first kappa shape index (κ1) is 13.5. The van der Waals surface area contributed by atoms with Gasteiger partial charge in [0.25, 0.3) is 10.0 Å². The van der Waals surface area contributed by atoms with Crippen molar-refractivity contribution in [1.29, 1.82) is 0 Å². The molecule has 3 heterocycles. The molecule has 0 atom stereocenters. The van der Waals surface area contributed by atoms with E-state index in [9.17, 15) is 13.2 Å². The van der Waals surface area contributed by atoms with Crippen molar-refractivity contribution in [1.82, 2.24) is 24.9 Å². The minimum atomic E-state index is -3.81. The summed E-state index contributed by atoms with van der Waals surface area (Å²) in [5.41, 5.74) is 1.99. The van der Waals surface area contributed by atoms with Crippen molar-refractivity contribution in [3.05, 3.63) is 47.3 Å². The van der Waals surface area contributed by atoms with E-state index in [0.717, 1.165) is 0 Å². The fourth-order valence-corrected chi connectivity index (χ4v) is 3.34. The zero-order valence-electron chi connectivity index (χ0n) is 11.5. The molecule has 0 saturated heterocycles. The molecule has 0 aliphatic heterocycles. The van der Waals surface area contributed by atoms with Gasteiger partial charge in [-0.05, 0) is 24.3 Å². The smallest absolute Gasteiger partial charge is 0.323 e. The van der Waals surface area contributed by atoms with Crippen molar-refractivity contribution in [2.45, 2.75) is 4.90 Å². The lowest BCUT2D eigenvalue weighted by atomic mass is 10.3. The molecule has 4 N–H and O–H groups in total. The van der Waals surface area contributed by atoms with Crippen molar-refractivity contribution in [2.75, 3.05) is 4.72 Å². The second-order valence-corrected chi connectivity index (χ2v) is 6.57. The minimum absolute atomic E-state index is 0.0324. The van der Waals surface area contributed by atoms with Gasteiger partial charge in [-0.1, -0.05) is 0 Å². The molecule has 9 nitrogen and oxygen atoms in total. The van der Waals surface area contributed by atoms with Crippen molar-refractivity contribution in [3.8, 4) is 0 Å². The Morgan fingerprint density at radius 3 is 2.70 bits per heavy atom. The van der Waals surface area contributed by atoms with Gasteiger partial charge in [0.15, 0.2) is 5.65 Å². The molecule has 0 spiro atoms. The second kappa shape index (κ2) is 4.68. The number of fused-ring (bicyclic) bond motifs is 2. The summed E-state index contributed by atoms with van der Waals surface area (Å²) in [5.74, 6) is 0. The first-order valence-electron chi connectivity index (χ1n) is 6.55. The van der Waals surface area contributed by atoms with Gasteiger partial charge in [-0.2, -0.15) is 0 Å². The SMILES string of the molecule is O=c1[nH]c2ccc(S(=O)(=O)Nc3cnc4nc[nH]c4c3)cc2[nH]1. The number of nitrogens with one attached hydrogen (secondary N) is 4. The average Bonchev–Trinajstić information content (AvgIpc) is 3.10. The number of aromatic amines is 3. The van der Waals surface area contributed by atoms with Crippen LogP contribution in [0.2, 0.25) is 0 Å². The van der Waals surface area contributed by atoms with Crippen molar-refractivity contribution < 1.29 is 8.42 Å². The van der Waals surface area contributed by atoms with Gasteiger partial charge in [-0.25, -0.2) is 23.2 Å². The van der Waals surface area contributed by atoms with Gasteiger partial charge in [-0.3, -0.25) is 4.72 Å². The first-order chi connectivity index (χ1) is 11.0. The van der Waals surface area contributed by atoms with Crippen LogP contribution in [0, 0.1) is 0 Å². The van der Waals surface area contributed by atoms with Crippen LogP contribution in [0.1, 0.15) is 0 Å². The van der Waals surface area contributed by atoms with Crippen molar-refractivity contribution >= 4 is 37.9 Å². The number of anilines is 1. The third-order valence-corrected chi connectivity index (χ3v) is 4.70. The summed E-state index contributed by atoms with van der Waals surface area (Å²) in [6.45, 7) is 0. The van der Waals surface area contributed by atoms with Crippen LogP contribution in [0.3, 0.4) is 0 Å². The van der Waals surface area contributed by atoms with Gasteiger partial charge >= 0.3 is 5.69 Å². The molecule has 1 aromatic carbocycles. The lowest BCUT2D eigenvalue weighted by molar-refractivity contribution is 0.601. The Bertz CT molecular complexity index is 1190. The fourth-order valence-electron chi connectivity index (χ4n) is 2.28. The molecular weight excluding hydrogens is 320 g/mol. The molecule has 0 saturated carbocycles. The van der Waals surface area contributed by atoms with Gasteiger partial charge in [0, 0.05) is 0 Å². The Morgan fingerprint density at radius 1 is 1.00 bits per heavy atom. The van der Waals surface area contributed by atoms with Crippen molar-refractivity contribution in [2.24, 2.45) is 0 Å². The molecule has 0 amide bonds. The fraction of sp³-hybridized carbons (Fsp3) is 0. The Morgan fingerprint density at radius 2 is 1.83 bits per heavy atom. The van der Waals surface area contributed by atoms with Gasteiger partial charge in [0.1, 0.15) is 0 Å².